The molecule has 1 aromatic heterocycles. The standard InChI is InChI=1S/C16H13Cl2NO2/c1-19(13-8-11(17)6-7-14(13)20-2)16-15-10(9-21-16)4-3-5-12(15)18/h3-9H,1-2H3. The van der Waals surface area contributed by atoms with Crippen LogP contribution >= 0.6 is 23.2 Å². The lowest BCUT2D eigenvalue weighted by Gasteiger charge is -2.20. The molecule has 3 nitrogen and oxygen atoms in total. The van der Waals surface area contributed by atoms with Crippen LogP contribution in [0.15, 0.2) is 47.1 Å². The molecular weight excluding hydrogens is 309 g/mol. The van der Waals surface area contributed by atoms with Gasteiger partial charge in [0.1, 0.15) is 12.0 Å². The van der Waals surface area contributed by atoms with Crippen molar-refractivity contribution in [3.8, 4) is 5.75 Å². The number of rotatable bonds is 3. The van der Waals surface area contributed by atoms with Gasteiger partial charge in [-0.05, 0) is 24.3 Å². The third-order valence-corrected chi connectivity index (χ3v) is 3.91. The summed E-state index contributed by atoms with van der Waals surface area (Å²) in [5.74, 6) is 1.36. The van der Waals surface area contributed by atoms with Crippen molar-refractivity contribution < 1.29 is 9.15 Å². The van der Waals surface area contributed by atoms with Crippen LogP contribution in [0.25, 0.3) is 10.8 Å². The Bertz CT molecular complexity index is 798. The van der Waals surface area contributed by atoms with Crippen molar-refractivity contribution in [2.75, 3.05) is 19.1 Å². The van der Waals surface area contributed by atoms with Crippen molar-refractivity contribution >= 4 is 45.5 Å². The van der Waals surface area contributed by atoms with Gasteiger partial charge in [-0.15, -0.1) is 0 Å². The summed E-state index contributed by atoms with van der Waals surface area (Å²) in [4.78, 5) is 1.87. The summed E-state index contributed by atoms with van der Waals surface area (Å²) in [6.07, 6.45) is 1.68. The fourth-order valence-corrected chi connectivity index (χ4v) is 2.75. The Morgan fingerprint density at radius 2 is 1.95 bits per heavy atom. The predicted molar refractivity (Wildman–Crippen MR) is 87.3 cm³/mol. The number of fused-ring (bicyclic) bond motifs is 1. The van der Waals surface area contributed by atoms with Gasteiger partial charge in [-0.2, -0.15) is 0 Å². The second kappa shape index (κ2) is 5.51. The lowest BCUT2D eigenvalue weighted by Crippen LogP contribution is -2.10. The van der Waals surface area contributed by atoms with Crippen LogP contribution in [0.3, 0.4) is 0 Å². The van der Waals surface area contributed by atoms with Gasteiger partial charge in [0.2, 0.25) is 5.88 Å². The number of benzene rings is 2. The van der Waals surface area contributed by atoms with E-state index in [0.29, 0.717) is 21.7 Å². The summed E-state index contributed by atoms with van der Waals surface area (Å²) in [7, 11) is 3.50. The van der Waals surface area contributed by atoms with E-state index >= 15 is 0 Å². The van der Waals surface area contributed by atoms with Gasteiger partial charge < -0.3 is 14.1 Å². The minimum absolute atomic E-state index is 0.625. The molecule has 1 heterocycles. The molecule has 21 heavy (non-hydrogen) atoms. The molecule has 2 aromatic carbocycles. The minimum Gasteiger partial charge on any atom is -0.495 e. The van der Waals surface area contributed by atoms with Gasteiger partial charge >= 0.3 is 0 Å². The fraction of sp³-hybridized carbons (Fsp3) is 0.125. The highest BCUT2D eigenvalue weighted by Gasteiger charge is 2.18. The summed E-state index contributed by atoms with van der Waals surface area (Å²) in [5, 5.41) is 3.08. The maximum Gasteiger partial charge on any atom is 0.208 e. The molecule has 0 bridgehead atoms. The van der Waals surface area contributed by atoms with Crippen LogP contribution in [0.4, 0.5) is 11.6 Å². The Morgan fingerprint density at radius 3 is 2.71 bits per heavy atom. The molecule has 3 rings (SSSR count). The average molecular weight is 322 g/mol. The Balaban J connectivity index is 2.17. The molecule has 0 spiro atoms. The zero-order valence-electron chi connectivity index (χ0n) is 11.6. The number of anilines is 2. The number of methoxy groups -OCH3 is 1. The number of furan rings is 1. The highest BCUT2D eigenvalue weighted by atomic mass is 35.5. The van der Waals surface area contributed by atoms with Gasteiger partial charge in [-0.1, -0.05) is 35.3 Å². The van der Waals surface area contributed by atoms with Gasteiger partial charge in [0.25, 0.3) is 0 Å². The monoisotopic (exact) mass is 321 g/mol. The molecule has 5 heteroatoms. The maximum absolute atomic E-state index is 6.30. The SMILES string of the molecule is COc1ccc(Cl)cc1N(C)c1occ2cccc(Cl)c12. The molecule has 0 saturated heterocycles. The lowest BCUT2D eigenvalue weighted by atomic mass is 10.2. The van der Waals surface area contributed by atoms with Crippen LogP contribution < -0.4 is 9.64 Å². The van der Waals surface area contributed by atoms with Gasteiger partial charge in [0, 0.05) is 17.5 Å². The molecule has 0 fully saturated rings. The van der Waals surface area contributed by atoms with Crippen molar-refractivity contribution in [3.05, 3.63) is 52.7 Å². The first-order chi connectivity index (χ1) is 10.1. The van der Waals surface area contributed by atoms with Crippen molar-refractivity contribution in [3.63, 3.8) is 0 Å². The van der Waals surface area contributed by atoms with Gasteiger partial charge in [0.05, 0.1) is 23.2 Å². The van der Waals surface area contributed by atoms with E-state index in [0.717, 1.165) is 16.5 Å². The Morgan fingerprint density at radius 1 is 1.14 bits per heavy atom. The van der Waals surface area contributed by atoms with E-state index in [1.54, 1.807) is 19.4 Å². The lowest BCUT2D eigenvalue weighted by molar-refractivity contribution is 0.415. The topological polar surface area (TPSA) is 25.6 Å². The smallest absolute Gasteiger partial charge is 0.208 e. The largest absolute Gasteiger partial charge is 0.495 e. The molecule has 108 valence electrons. The number of nitrogens with zero attached hydrogens (tertiary/aromatic N) is 1. The van der Waals surface area contributed by atoms with Crippen LogP contribution in [0.1, 0.15) is 0 Å². The number of halogens is 2. The first-order valence-corrected chi connectivity index (χ1v) is 7.10. The third kappa shape index (κ3) is 2.43. The van der Waals surface area contributed by atoms with Crippen LogP contribution in [0, 0.1) is 0 Å². The van der Waals surface area contributed by atoms with Crippen molar-refractivity contribution in [2.24, 2.45) is 0 Å². The normalized spacial score (nSPS) is 10.9. The van der Waals surface area contributed by atoms with E-state index < -0.39 is 0 Å². The maximum atomic E-state index is 6.30. The Kier molecular flexibility index (Phi) is 3.70. The van der Waals surface area contributed by atoms with Crippen molar-refractivity contribution in [1.82, 2.24) is 0 Å². The molecule has 0 amide bonds. The van der Waals surface area contributed by atoms with E-state index in [1.165, 1.54) is 0 Å². The molecule has 0 saturated carbocycles. The highest BCUT2D eigenvalue weighted by Crippen LogP contribution is 2.40. The highest BCUT2D eigenvalue weighted by molar-refractivity contribution is 6.36. The summed E-state index contributed by atoms with van der Waals surface area (Å²) in [5.41, 5.74) is 0.807. The van der Waals surface area contributed by atoms with Crippen molar-refractivity contribution in [2.45, 2.75) is 0 Å². The molecule has 0 N–H and O–H groups in total. The van der Waals surface area contributed by atoms with E-state index in [2.05, 4.69) is 0 Å². The molecule has 0 radical (unpaired) electrons. The molecule has 0 unspecified atom stereocenters. The summed E-state index contributed by atoms with van der Waals surface area (Å²) >= 11 is 12.4. The Hall–Kier alpha value is -1.84. The van der Waals surface area contributed by atoms with Crippen LogP contribution in [0.2, 0.25) is 10.0 Å². The summed E-state index contributed by atoms with van der Waals surface area (Å²) < 4.78 is 11.1. The molecule has 0 aliphatic heterocycles. The zero-order valence-corrected chi connectivity index (χ0v) is 13.1. The average Bonchev–Trinajstić information content (AvgIpc) is 2.92. The molecule has 0 aliphatic carbocycles. The van der Waals surface area contributed by atoms with Crippen molar-refractivity contribution in [1.29, 1.82) is 0 Å². The fourth-order valence-electron chi connectivity index (χ4n) is 2.32. The first kappa shape index (κ1) is 14.1. The van der Waals surface area contributed by atoms with E-state index in [-0.39, 0.29) is 0 Å². The minimum atomic E-state index is 0.625. The molecular formula is C16H13Cl2NO2. The molecule has 3 aromatic rings. The van der Waals surface area contributed by atoms with Gasteiger partial charge in [0.15, 0.2) is 0 Å². The summed E-state index contributed by atoms with van der Waals surface area (Å²) in [6.45, 7) is 0. The predicted octanol–water partition coefficient (Wildman–Crippen LogP) is 5.52. The number of hydrogen-bond donors (Lipinski definition) is 0. The quantitative estimate of drug-likeness (QED) is 0.635. The number of ether oxygens (including phenoxy) is 1. The first-order valence-electron chi connectivity index (χ1n) is 6.35. The van der Waals surface area contributed by atoms with Gasteiger partial charge in [-0.3, -0.25) is 0 Å². The second-order valence-electron chi connectivity index (χ2n) is 4.62. The van der Waals surface area contributed by atoms with Crippen LogP contribution in [-0.4, -0.2) is 14.2 Å². The van der Waals surface area contributed by atoms with Crippen LogP contribution in [-0.2, 0) is 0 Å². The van der Waals surface area contributed by atoms with Gasteiger partial charge in [-0.25, -0.2) is 0 Å². The third-order valence-electron chi connectivity index (χ3n) is 3.36. The summed E-state index contributed by atoms with van der Waals surface area (Å²) in [6, 6.07) is 11.1. The Labute approximate surface area is 132 Å². The van der Waals surface area contributed by atoms with Crippen LogP contribution in [0.5, 0.6) is 5.75 Å². The second-order valence-corrected chi connectivity index (χ2v) is 5.46. The molecule has 0 atom stereocenters. The van der Waals surface area contributed by atoms with E-state index in [4.69, 9.17) is 32.4 Å². The van der Waals surface area contributed by atoms with E-state index in [9.17, 15) is 0 Å². The number of hydrogen-bond acceptors (Lipinski definition) is 3. The molecule has 0 aliphatic rings. The zero-order chi connectivity index (χ0) is 15.0. The van der Waals surface area contributed by atoms with E-state index in [1.807, 2.05) is 42.3 Å².